The van der Waals surface area contributed by atoms with Gasteiger partial charge in [-0.2, -0.15) is 10.1 Å². The highest BCUT2D eigenvalue weighted by atomic mass is 16.7. The summed E-state index contributed by atoms with van der Waals surface area (Å²) >= 11 is 0. The van der Waals surface area contributed by atoms with Gasteiger partial charge in [-0.05, 0) is 30.5 Å². The molecule has 1 saturated heterocycles. The fourth-order valence-corrected chi connectivity index (χ4v) is 3.64. The Balaban J connectivity index is 1.57. The number of ether oxygens (including phenoxy) is 2. The van der Waals surface area contributed by atoms with Crippen LogP contribution in [0.25, 0.3) is 11.0 Å². The van der Waals surface area contributed by atoms with Crippen LogP contribution in [0.5, 0.6) is 11.5 Å². The summed E-state index contributed by atoms with van der Waals surface area (Å²) in [7, 11) is 1.79. The average molecular weight is 339 g/mol. The van der Waals surface area contributed by atoms with Gasteiger partial charge in [-0.1, -0.05) is 6.07 Å². The van der Waals surface area contributed by atoms with Crippen LogP contribution in [0.4, 0.5) is 5.95 Å². The molecule has 1 N–H and O–H groups in total. The quantitative estimate of drug-likeness (QED) is 0.765. The predicted molar refractivity (Wildman–Crippen MR) is 91.0 cm³/mol. The summed E-state index contributed by atoms with van der Waals surface area (Å²) in [6, 6.07) is 6.15. The molecule has 3 aromatic rings. The van der Waals surface area contributed by atoms with Gasteiger partial charge in [0, 0.05) is 13.6 Å². The summed E-state index contributed by atoms with van der Waals surface area (Å²) in [6.07, 6.45) is 3.57. The lowest BCUT2D eigenvalue weighted by Gasteiger charge is -2.25. The Labute approximate surface area is 143 Å². The van der Waals surface area contributed by atoms with Gasteiger partial charge in [0.15, 0.2) is 17.1 Å². The van der Waals surface area contributed by atoms with Gasteiger partial charge < -0.3 is 14.4 Å². The van der Waals surface area contributed by atoms with Gasteiger partial charge in [0.25, 0.3) is 5.56 Å². The second-order valence-electron chi connectivity index (χ2n) is 6.36. The third kappa shape index (κ3) is 2.17. The fraction of sp³-hybridized carbons (Fsp3) is 0.353. The molecule has 4 heterocycles. The van der Waals surface area contributed by atoms with E-state index in [-0.39, 0.29) is 18.4 Å². The maximum absolute atomic E-state index is 12.4. The van der Waals surface area contributed by atoms with Gasteiger partial charge in [-0.25, -0.2) is 0 Å². The summed E-state index contributed by atoms with van der Waals surface area (Å²) in [5.74, 6) is 2.13. The van der Waals surface area contributed by atoms with Gasteiger partial charge in [0.1, 0.15) is 5.39 Å². The third-order valence-corrected chi connectivity index (χ3v) is 4.90. The second kappa shape index (κ2) is 5.23. The molecule has 0 aliphatic carbocycles. The maximum Gasteiger partial charge on any atom is 0.263 e. The van der Waals surface area contributed by atoms with Crippen LogP contribution < -0.4 is 19.9 Å². The highest BCUT2D eigenvalue weighted by molar-refractivity contribution is 5.74. The summed E-state index contributed by atoms with van der Waals surface area (Å²) < 4.78 is 12.5. The minimum atomic E-state index is -0.163. The molecule has 1 aromatic carbocycles. The molecule has 25 heavy (non-hydrogen) atoms. The van der Waals surface area contributed by atoms with Crippen molar-refractivity contribution in [3.63, 3.8) is 0 Å². The fourth-order valence-electron chi connectivity index (χ4n) is 3.64. The molecule has 128 valence electrons. The van der Waals surface area contributed by atoms with Gasteiger partial charge >= 0.3 is 0 Å². The van der Waals surface area contributed by atoms with Crippen LogP contribution in [0.2, 0.25) is 0 Å². The molecule has 0 amide bonds. The van der Waals surface area contributed by atoms with Crippen LogP contribution in [-0.2, 0) is 7.05 Å². The zero-order valence-electron chi connectivity index (χ0n) is 13.7. The molecule has 1 fully saturated rings. The van der Waals surface area contributed by atoms with E-state index in [0.717, 1.165) is 36.4 Å². The second-order valence-corrected chi connectivity index (χ2v) is 6.36. The van der Waals surface area contributed by atoms with Crippen molar-refractivity contribution in [2.24, 2.45) is 7.05 Å². The normalized spacial score (nSPS) is 19.1. The predicted octanol–water partition coefficient (Wildman–Crippen LogP) is 1.73. The summed E-state index contributed by atoms with van der Waals surface area (Å²) in [5, 5.41) is 4.63. The van der Waals surface area contributed by atoms with Crippen LogP contribution in [0.15, 0.2) is 29.2 Å². The highest BCUT2D eigenvalue weighted by Crippen LogP contribution is 2.39. The molecular weight excluding hydrogens is 322 g/mol. The molecule has 8 nitrogen and oxygen atoms in total. The lowest BCUT2D eigenvalue weighted by molar-refractivity contribution is 0.174. The largest absolute Gasteiger partial charge is 0.454 e. The minimum Gasteiger partial charge on any atom is -0.454 e. The average Bonchev–Trinajstić information content (AvgIpc) is 3.33. The zero-order chi connectivity index (χ0) is 17.0. The Morgan fingerprint density at radius 2 is 2.16 bits per heavy atom. The first-order chi connectivity index (χ1) is 12.2. The molecule has 8 heteroatoms. The number of nitrogens with zero attached hydrogens (tertiary/aromatic N) is 4. The van der Waals surface area contributed by atoms with E-state index in [9.17, 15) is 4.79 Å². The smallest absolute Gasteiger partial charge is 0.263 e. The lowest BCUT2D eigenvalue weighted by atomic mass is 10.0. The number of rotatable bonds is 2. The van der Waals surface area contributed by atoms with Crippen LogP contribution >= 0.6 is 0 Å². The van der Waals surface area contributed by atoms with E-state index in [4.69, 9.17) is 9.47 Å². The minimum absolute atomic E-state index is 0.142. The molecule has 0 spiro atoms. The van der Waals surface area contributed by atoms with Crippen molar-refractivity contribution < 1.29 is 9.47 Å². The number of fused-ring (bicyclic) bond motifs is 2. The Morgan fingerprint density at radius 3 is 3.08 bits per heavy atom. The molecule has 2 aliphatic heterocycles. The van der Waals surface area contributed by atoms with Crippen molar-refractivity contribution in [2.45, 2.75) is 18.9 Å². The van der Waals surface area contributed by atoms with Crippen LogP contribution in [0, 0.1) is 0 Å². The topological polar surface area (TPSA) is 85.3 Å². The number of aromatic nitrogens is 4. The van der Waals surface area contributed by atoms with E-state index in [0.29, 0.717) is 17.0 Å². The van der Waals surface area contributed by atoms with Crippen molar-refractivity contribution in [2.75, 3.05) is 18.2 Å². The van der Waals surface area contributed by atoms with Crippen LogP contribution in [0.3, 0.4) is 0 Å². The van der Waals surface area contributed by atoms with E-state index in [1.165, 1.54) is 0 Å². The first-order valence-electron chi connectivity index (χ1n) is 8.29. The summed E-state index contributed by atoms with van der Waals surface area (Å²) in [5.41, 5.74) is 1.56. The summed E-state index contributed by atoms with van der Waals surface area (Å²) in [6.45, 7) is 1.10. The van der Waals surface area contributed by atoms with Crippen LogP contribution in [-0.4, -0.2) is 33.1 Å². The number of benzene rings is 1. The first kappa shape index (κ1) is 14.3. The Hall–Kier alpha value is -3.03. The van der Waals surface area contributed by atoms with Crippen molar-refractivity contribution in [3.8, 4) is 11.5 Å². The van der Waals surface area contributed by atoms with Crippen molar-refractivity contribution >= 4 is 17.0 Å². The van der Waals surface area contributed by atoms with Gasteiger partial charge in [0.2, 0.25) is 12.7 Å². The molecule has 0 bridgehead atoms. The summed E-state index contributed by atoms with van der Waals surface area (Å²) in [4.78, 5) is 22.0. The van der Waals surface area contributed by atoms with E-state index >= 15 is 0 Å². The van der Waals surface area contributed by atoms with Gasteiger partial charge in [0.05, 0.1) is 12.2 Å². The van der Waals surface area contributed by atoms with Crippen molar-refractivity contribution in [1.82, 2.24) is 19.7 Å². The third-order valence-electron chi connectivity index (χ3n) is 4.90. The number of hydrogen-bond acceptors (Lipinski definition) is 6. The number of aryl methyl sites for hydroxylation is 1. The first-order valence-corrected chi connectivity index (χ1v) is 8.29. The number of H-pyrrole nitrogens is 1. The lowest BCUT2D eigenvalue weighted by Crippen LogP contribution is -2.27. The van der Waals surface area contributed by atoms with Crippen molar-refractivity contribution in [1.29, 1.82) is 0 Å². The molecule has 2 aliphatic rings. The molecule has 0 radical (unpaired) electrons. The standard InChI is InChI=1S/C17H17N5O3/c1-21-15-11(8-18-21)16(23)20-17(19-15)22-6-2-3-12(22)10-4-5-13-14(7-10)25-9-24-13/h4-5,7-8,12H,2-3,6,9H2,1H3,(H,19,20,23). The monoisotopic (exact) mass is 339 g/mol. The van der Waals surface area contributed by atoms with Crippen molar-refractivity contribution in [3.05, 3.63) is 40.3 Å². The zero-order valence-corrected chi connectivity index (χ0v) is 13.7. The molecule has 2 aromatic heterocycles. The highest BCUT2D eigenvalue weighted by Gasteiger charge is 2.29. The Morgan fingerprint density at radius 1 is 1.28 bits per heavy atom. The number of aromatic amines is 1. The number of anilines is 1. The van der Waals surface area contributed by atoms with Crippen LogP contribution in [0.1, 0.15) is 24.4 Å². The van der Waals surface area contributed by atoms with E-state index in [2.05, 4.69) is 26.0 Å². The van der Waals surface area contributed by atoms with Gasteiger partial charge in [-0.15, -0.1) is 0 Å². The Bertz CT molecular complexity index is 1020. The molecule has 0 saturated carbocycles. The SMILES string of the molecule is Cn1ncc2c(=O)[nH]c(N3CCCC3c3ccc4c(c3)OCO4)nc21. The van der Waals surface area contributed by atoms with E-state index in [1.807, 2.05) is 12.1 Å². The van der Waals surface area contributed by atoms with E-state index in [1.54, 1.807) is 17.9 Å². The van der Waals surface area contributed by atoms with Gasteiger partial charge in [-0.3, -0.25) is 14.5 Å². The number of hydrogen-bond donors (Lipinski definition) is 1. The van der Waals surface area contributed by atoms with E-state index < -0.39 is 0 Å². The Kier molecular flexibility index (Phi) is 3.00. The molecule has 1 atom stereocenters. The molecular formula is C17H17N5O3. The number of nitrogens with one attached hydrogen (secondary N) is 1. The maximum atomic E-state index is 12.4. The molecule has 1 unspecified atom stereocenters. The molecule has 5 rings (SSSR count).